The van der Waals surface area contributed by atoms with Crippen LogP contribution >= 0.6 is 11.6 Å². The van der Waals surface area contributed by atoms with E-state index in [1.54, 1.807) is 18.2 Å². The minimum atomic E-state index is -2.26. The Morgan fingerprint density at radius 2 is 1.76 bits per heavy atom. The second-order valence-electron chi connectivity index (χ2n) is 10.5. The lowest BCUT2D eigenvalue weighted by molar-refractivity contribution is 0.0696. The summed E-state index contributed by atoms with van der Waals surface area (Å²) in [5, 5.41) is 9.90. The molecule has 0 aromatic heterocycles. The molecule has 2 aliphatic rings. The van der Waals surface area contributed by atoms with E-state index in [-0.39, 0.29) is 12.0 Å². The predicted octanol–water partition coefficient (Wildman–Crippen LogP) is 9.02. The number of carboxylic acid groups (broad SMARTS) is 1. The van der Waals surface area contributed by atoms with Gasteiger partial charge in [0.25, 0.3) is 0 Å². The van der Waals surface area contributed by atoms with Gasteiger partial charge in [0.2, 0.25) is 6.43 Å². The average molecular weight is 584 g/mol. The molecule has 1 saturated heterocycles. The van der Waals surface area contributed by atoms with Crippen molar-refractivity contribution in [1.29, 1.82) is 0 Å². The van der Waals surface area contributed by atoms with E-state index in [2.05, 4.69) is 29.2 Å². The van der Waals surface area contributed by atoms with Crippen molar-refractivity contribution in [3.63, 3.8) is 0 Å². The molecule has 3 aromatic carbocycles. The minimum Gasteiger partial charge on any atom is -0.478 e. The maximum atomic E-state index is 13.9. The van der Waals surface area contributed by atoms with E-state index in [4.69, 9.17) is 11.6 Å². The third-order valence-corrected chi connectivity index (χ3v) is 8.17. The molecule has 0 bridgehead atoms. The van der Waals surface area contributed by atoms with Gasteiger partial charge in [-0.05, 0) is 108 Å². The predicted molar refractivity (Wildman–Crippen MR) is 160 cm³/mol. The SMILES string of the molecule is CC.O=C(O)c1ccc2c(c1)CCCC(c1ccc(F)cc1Cl)=C2c1ccc(CC2CCN(CCC(F)F)C2)cc1. The molecule has 1 fully saturated rings. The fourth-order valence-electron chi connectivity index (χ4n) is 5.96. The first-order valence-electron chi connectivity index (χ1n) is 14.4. The molecule has 1 aliphatic heterocycles. The van der Waals surface area contributed by atoms with Crippen LogP contribution in [-0.2, 0) is 12.8 Å². The molecule has 1 N–H and O–H groups in total. The van der Waals surface area contributed by atoms with Crippen LogP contribution in [0.5, 0.6) is 0 Å². The van der Waals surface area contributed by atoms with Crippen molar-refractivity contribution in [1.82, 2.24) is 4.90 Å². The number of alkyl halides is 2. The summed E-state index contributed by atoms with van der Waals surface area (Å²) < 4.78 is 39.1. The number of aryl methyl sites for hydroxylation is 1. The summed E-state index contributed by atoms with van der Waals surface area (Å²) in [6.45, 7) is 6.14. The van der Waals surface area contributed by atoms with Crippen molar-refractivity contribution in [3.05, 3.63) is 105 Å². The summed E-state index contributed by atoms with van der Waals surface area (Å²) in [5.41, 5.74) is 7.15. The number of carboxylic acids is 1. The Kier molecular flexibility index (Phi) is 10.7. The number of allylic oxidation sites excluding steroid dienone is 1. The Bertz CT molecular complexity index is 1390. The minimum absolute atomic E-state index is 0.0770. The zero-order valence-corrected chi connectivity index (χ0v) is 24.4. The highest BCUT2D eigenvalue weighted by molar-refractivity contribution is 6.32. The van der Waals surface area contributed by atoms with Crippen molar-refractivity contribution in [2.24, 2.45) is 5.92 Å². The second-order valence-corrected chi connectivity index (χ2v) is 11.0. The number of nitrogens with zero attached hydrogens (tertiary/aromatic N) is 1. The standard InChI is InChI=1S/C32H31ClF3NO2.C2H6/c33-29-18-25(34)9-11-27(29)28-3-1-2-23-17-24(32(38)39)8-10-26(23)31(28)22-6-4-20(5-7-22)16-21-12-14-37(19-21)15-13-30(35)36;1-2/h4-11,17-18,21,30H,1-3,12-16,19H2,(H,38,39);1-2H3. The van der Waals surface area contributed by atoms with E-state index in [0.29, 0.717) is 17.5 Å². The van der Waals surface area contributed by atoms with Gasteiger partial charge in [-0.3, -0.25) is 0 Å². The molecule has 0 saturated carbocycles. The second kappa shape index (κ2) is 14.2. The van der Waals surface area contributed by atoms with Crippen LogP contribution in [0.4, 0.5) is 13.2 Å². The molecule has 3 aromatic rings. The average Bonchev–Trinajstić information content (AvgIpc) is 3.32. The lowest BCUT2D eigenvalue weighted by atomic mass is 9.86. The Morgan fingerprint density at radius 1 is 1.02 bits per heavy atom. The largest absolute Gasteiger partial charge is 0.478 e. The van der Waals surface area contributed by atoms with E-state index in [1.165, 1.54) is 17.7 Å². The summed E-state index contributed by atoms with van der Waals surface area (Å²) >= 11 is 6.54. The molecule has 5 rings (SSSR count). The van der Waals surface area contributed by atoms with Crippen molar-refractivity contribution in [3.8, 4) is 0 Å². The van der Waals surface area contributed by atoms with Crippen LogP contribution in [0, 0.1) is 11.7 Å². The topological polar surface area (TPSA) is 40.5 Å². The number of rotatable bonds is 8. The van der Waals surface area contributed by atoms with E-state index in [0.717, 1.165) is 78.6 Å². The van der Waals surface area contributed by atoms with Gasteiger partial charge in [-0.1, -0.05) is 61.8 Å². The zero-order chi connectivity index (χ0) is 29.5. The summed E-state index contributed by atoms with van der Waals surface area (Å²) in [6.07, 6.45) is 1.81. The van der Waals surface area contributed by atoms with E-state index < -0.39 is 18.2 Å². The van der Waals surface area contributed by atoms with E-state index in [9.17, 15) is 23.1 Å². The number of halogens is 4. The maximum absolute atomic E-state index is 13.9. The first-order valence-corrected chi connectivity index (χ1v) is 14.8. The highest BCUT2D eigenvalue weighted by Gasteiger charge is 2.25. The molecule has 7 heteroatoms. The van der Waals surface area contributed by atoms with Gasteiger partial charge in [0, 0.05) is 19.5 Å². The molecule has 1 heterocycles. The van der Waals surface area contributed by atoms with Crippen LogP contribution in [0.15, 0.2) is 60.7 Å². The molecule has 0 spiro atoms. The molecule has 3 nitrogen and oxygen atoms in total. The van der Waals surface area contributed by atoms with Gasteiger partial charge in [0.05, 0.1) is 10.6 Å². The summed E-state index contributed by atoms with van der Waals surface area (Å²) in [5.74, 6) is -0.914. The number of hydrogen-bond acceptors (Lipinski definition) is 2. The first-order chi connectivity index (χ1) is 19.8. The summed E-state index contributed by atoms with van der Waals surface area (Å²) in [4.78, 5) is 13.8. The third-order valence-electron chi connectivity index (χ3n) is 7.85. The molecule has 0 amide bonds. The Hall–Kier alpha value is -3.09. The summed E-state index contributed by atoms with van der Waals surface area (Å²) in [7, 11) is 0. The number of benzene rings is 3. The fourth-order valence-corrected chi connectivity index (χ4v) is 6.24. The molecule has 41 heavy (non-hydrogen) atoms. The van der Waals surface area contributed by atoms with Gasteiger partial charge in [-0.25, -0.2) is 18.0 Å². The Morgan fingerprint density at radius 3 is 2.44 bits per heavy atom. The van der Waals surface area contributed by atoms with Crippen LogP contribution in [0.2, 0.25) is 5.02 Å². The normalized spacial score (nSPS) is 17.2. The van der Waals surface area contributed by atoms with E-state index >= 15 is 0 Å². The highest BCUT2D eigenvalue weighted by Crippen LogP contribution is 2.42. The maximum Gasteiger partial charge on any atom is 0.335 e. The third kappa shape index (κ3) is 7.60. The molecule has 0 radical (unpaired) electrons. The lowest BCUT2D eigenvalue weighted by Crippen LogP contribution is -2.23. The molecular formula is C34H37ClF3NO2. The van der Waals surface area contributed by atoms with Gasteiger partial charge in [0.15, 0.2) is 0 Å². The van der Waals surface area contributed by atoms with Gasteiger partial charge >= 0.3 is 5.97 Å². The molecule has 1 atom stereocenters. The van der Waals surface area contributed by atoms with Crippen LogP contribution < -0.4 is 0 Å². The van der Waals surface area contributed by atoms with Crippen LogP contribution in [0.3, 0.4) is 0 Å². The number of likely N-dealkylation sites (tertiary alicyclic amines) is 1. The van der Waals surface area contributed by atoms with Crippen LogP contribution in [0.1, 0.15) is 77.7 Å². The number of hydrogen-bond donors (Lipinski definition) is 1. The first kappa shape index (κ1) is 30.9. The smallest absolute Gasteiger partial charge is 0.335 e. The summed E-state index contributed by atoms with van der Waals surface area (Å²) in [6, 6.07) is 18.1. The molecule has 1 aliphatic carbocycles. The van der Waals surface area contributed by atoms with Crippen molar-refractivity contribution < 1.29 is 23.1 Å². The highest BCUT2D eigenvalue weighted by atomic mass is 35.5. The van der Waals surface area contributed by atoms with Crippen LogP contribution in [-0.4, -0.2) is 42.0 Å². The Labute approximate surface area is 245 Å². The van der Waals surface area contributed by atoms with Gasteiger partial charge in [-0.2, -0.15) is 0 Å². The number of carbonyl (C=O) groups is 1. The fraction of sp³-hybridized carbons (Fsp3) is 0.382. The van der Waals surface area contributed by atoms with Gasteiger partial charge in [0.1, 0.15) is 5.82 Å². The number of aromatic carboxylic acids is 1. The quantitative estimate of drug-likeness (QED) is 0.288. The van der Waals surface area contributed by atoms with Crippen molar-refractivity contribution >= 4 is 28.7 Å². The zero-order valence-electron chi connectivity index (χ0n) is 23.6. The van der Waals surface area contributed by atoms with E-state index in [1.807, 2.05) is 19.9 Å². The molecule has 1 unspecified atom stereocenters. The van der Waals surface area contributed by atoms with Gasteiger partial charge < -0.3 is 10.0 Å². The number of fused-ring (bicyclic) bond motifs is 1. The lowest BCUT2D eigenvalue weighted by Gasteiger charge is -2.19. The van der Waals surface area contributed by atoms with Gasteiger partial charge in [-0.15, -0.1) is 0 Å². The van der Waals surface area contributed by atoms with Crippen LogP contribution in [0.25, 0.3) is 11.1 Å². The Balaban J connectivity index is 0.00000189. The molecular weight excluding hydrogens is 547 g/mol. The van der Waals surface area contributed by atoms with Crippen molar-refractivity contribution in [2.45, 2.75) is 58.8 Å². The van der Waals surface area contributed by atoms with Crippen molar-refractivity contribution in [2.75, 3.05) is 19.6 Å². The monoisotopic (exact) mass is 583 g/mol. The molecule has 218 valence electrons.